The van der Waals surface area contributed by atoms with E-state index in [1.54, 1.807) is 11.3 Å². The van der Waals surface area contributed by atoms with Crippen LogP contribution in [0.2, 0.25) is 0 Å². The van der Waals surface area contributed by atoms with Gasteiger partial charge in [0.1, 0.15) is 5.69 Å². The number of rotatable bonds is 4. The number of aromatic nitrogens is 1. The predicted octanol–water partition coefficient (Wildman–Crippen LogP) is 2.08. The molecule has 19 heavy (non-hydrogen) atoms. The molecular formula is C13H12N2O3S. The molecule has 2 heterocycles. The molecule has 0 saturated heterocycles. The SMILES string of the molecule is Cc1ccsc1CNC(=O)c1ccc(C(=O)O)nc1. The number of carbonyl (C=O) groups excluding carboxylic acids is 1. The van der Waals surface area contributed by atoms with Crippen LogP contribution in [0.4, 0.5) is 0 Å². The summed E-state index contributed by atoms with van der Waals surface area (Å²) in [6.45, 7) is 2.45. The van der Waals surface area contributed by atoms with Gasteiger partial charge in [0, 0.05) is 11.1 Å². The Morgan fingerprint density at radius 1 is 1.37 bits per heavy atom. The standard InChI is InChI=1S/C13H12N2O3S/c1-8-4-5-19-11(8)7-15-12(16)9-2-3-10(13(17)18)14-6-9/h2-6H,7H2,1H3,(H,15,16)(H,17,18). The Hall–Kier alpha value is -2.21. The number of pyridine rings is 1. The van der Waals surface area contributed by atoms with Crippen LogP contribution in [0.15, 0.2) is 29.8 Å². The molecule has 5 nitrogen and oxygen atoms in total. The zero-order valence-electron chi connectivity index (χ0n) is 10.2. The van der Waals surface area contributed by atoms with Gasteiger partial charge in [-0.3, -0.25) is 4.79 Å². The molecule has 0 bridgehead atoms. The van der Waals surface area contributed by atoms with Gasteiger partial charge in [0.2, 0.25) is 0 Å². The Balaban J connectivity index is 2.00. The Labute approximate surface area is 113 Å². The molecule has 6 heteroatoms. The molecular weight excluding hydrogens is 264 g/mol. The minimum Gasteiger partial charge on any atom is -0.477 e. The normalized spacial score (nSPS) is 10.2. The van der Waals surface area contributed by atoms with Gasteiger partial charge in [-0.2, -0.15) is 0 Å². The first kappa shape index (κ1) is 13.2. The molecule has 2 aromatic heterocycles. The van der Waals surface area contributed by atoms with Crippen LogP contribution < -0.4 is 5.32 Å². The molecule has 0 aliphatic carbocycles. The fourth-order valence-electron chi connectivity index (χ4n) is 1.50. The van der Waals surface area contributed by atoms with Gasteiger partial charge in [-0.25, -0.2) is 9.78 Å². The van der Waals surface area contributed by atoms with E-state index in [4.69, 9.17) is 5.11 Å². The second-order valence-electron chi connectivity index (χ2n) is 3.95. The second-order valence-corrected chi connectivity index (χ2v) is 4.95. The maximum atomic E-state index is 11.8. The number of aromatic carboxylic acids is 1. The molecule has 0 radical (unpaired) electrons. The van der Waals surface area contributed by atoms with Crippen molar-refractivity contribution < 1.29 is 14.7 Å². The summed E-state index contributed by atoms with van der Waals surface area (Å²) in [6.07, 6.45) is 1.26. The molecule has 0 fully saturated rings. The number of thiophene rings is 1. The van der Waals surface area contributed by atoms with E-state index in [2.05, 4.69) is 10.3 Å². The highest BCUT2D eigenvalue weighted by molar-refractivity contribution is 7.10. The highest BCUT2D eigenvalue weighted by Crippen LogP contribution is 2.15. The Bertz CT molecular complexity index is 605. The molecule has 0 unspecified atom stereocenters. The van der Waals surface area contributed by atoms with Crippen LogP contribution in [0.1, 0.15) is 31.3 Å². The lowest BCUT2D eigenvalue weighted by Crippen LogP contribution is -2.23. The van der Waals surface area contributed by atoms with Crippen LogP contribution in [0.5, 0.6) is 0 Å². The average molecular weight is 276 g/mol. The van der Waals surface area contributed by atoms with Gasteiger partial charge in [-0.1, -0.05) is 0 Å². The fourth-order valence-corrected chi connectivity index (χ4v) is 2.35. The van der Waals surface area contributed by atoms with Crippen molar-refractivity contribution in [2.45, 2.75) is 13.5 Å². The van der Waals surface area contributed by atoms with Gasteiger partial charge < -0.3 is 10.4 Å². The maximum Gasteiger partial charge on any atom is 0.354 e. The minimum atomic E-state index is -1.11. The highest BCUT2D eigenvalue weighted by Gasteiger charge is 2.09. The Morgan fingerprint density at radius 3 is 2.68 bits per heavy atom. The number of carbonyl (C=O) groups is 2. The summed E-state index contributed by atoms with van der Waals surface area (Å²) in [5.74, 6) is -1.38. The average Bonchev–Trinajstić information content (AvgIpc) is 2.81. The lowest BCUT2D eigenvalue weighted by atomic mass is 10.2. The molecule has 0 aromatic carbocycles. The molecule has 98 valence electrons. The van der Waals surface area contributed by atoms with Gasteiger partial charge in [0.15, 0.2) is 0 Å². The summed E-state index contributed by atoms with van der Waals surface area (Å²) in [6, 6.07) is 4.76. The quantitative estimate of drug-likeness (QED) is 0.896. The lowest BCUT2D eigenvalue weighted by molar-refractivity contribution is 0.0689. The molecule has 0 spiro atoms. The van der Waals surface area contributed by atoms with Crippen molar-refractivity contribution in [2.75, 3.05) is 0 Å². The number of hydrogen-bond donors (Lipinski definition) is 2. The Morgan fingerprint density at radius 2 is 2.16 bits per heavy atom. The summed E-state index contributed by atoms with van der Waals surface area (Å²) in [5.41, 5.74) is 1.41. The molecule has 2 N–H and O–H groups in total. The van der Waals surface area contributed by atoms with Crippen molar-refractivity contribution in [3.05, 3.63) is 51.5 Å². The smallest absolute Gasteiger partial charge is 0.354 e. The molecule has 2 rings (SSSR count). The van der Waals surface area contributed by atoms with Gasteiger partial charge >= 0.3 is 5.97 Å². The van der Waals surface area contributed by atoms with E-state index in [-0.39, 0.29) is 11.6 Å². The molecule has 0 aliphatic heterocycles. The predicted molar refractivity (Wildman–Crippen MR) is 71.4 cm³/mol. The van der Waals surface area contributed by atoms with E-state index in [9.17, 15) is 9.59 Å². The molecule has 2 aromatic rings. The zero-order valence-corrected chi connectivity index (χ0v) is 11.0. The monoisotopic (exact) mass is 276 g/mol. The minimum absolute atomic E-state index is 0.0781. The van der Waals surface area contributed by atoms with E-state index in [0.29, 0.717) is 12.1 Å². The van der Waals surface area contributed by atoms with Crippen LogP contribution in [-0.2, 0) is 6.54 Å². The van der Waals surface area contributed by atoms with Gasteiger partial charge in [0.25, 0.3) is 5.91 Å². The van der Waals surface area contributed by atoms with Crippen molar-refractivity contribution in [3.8, 4) is 0 Å². The van der Waals surface area contributed by atoms with Crippen molar-refractivity contribution >= 4 is 23.2 Å². The third-order valence-corrected chi connectivity index (χ3v) is 3.65. The Kier molecular flexibility index (Phi) is 3.91. The van der Waals surface area contributed by atoms with Gasteiger partial charge in [-0.05, 0) is 36.1 Å². The zero-order chi connectivity index (χ0) is 13.8. The largest absolute Gasteiger partial charge is 0.477 e. The van der Waals surface area contributed by atoms with Crippen molar-refractivity contribution in [3.63, 3.8) is 0 Å². The number of hydrogen-bond acceptors (Lipinski definition) is 4. The van der Waals surface area contributed by atoms with Crippen molar-refractivity contribution in [1.82, 2.24) is 10.3 Å². The van der Waals surface area contributed by atoms with Crippen molar-refractivity contribution in [2.24, 2.45) is 0 Å². The summed E-state index contributed by atoms with van der Waals surface area (Å²) in [7, 11) is 0. The van der Waals surface area contributed by atoms with E-state index >= 15 is 0 Å². The first-order valence-electron chi connectivity index (χ1n) is 5.58. The van der Waals surface area contributed by atoms with Gasteiger partial charge in [0.05, 0.1) is 12.1 Å². The third-order valence-electron chi connectivity index (χ3n) is 2.62. The molecule has 0 atom stereocenters. The van der Waals surface area contributed by atoms with E-state index in [1.165, 1.54) is 18.3 Å². The van der Waals surface area contributed by atoms with E-state index < -0.39 is 5.97 Å². The highest BCUT2D eigenvalue weighted by atomic mass is 32.1. The van der Waals surface area contributed by atoms with Crippen LogP contribution >= 0.6 is 11.3 Å². The molecule has 1 amide bonds. The fraction of sp³-hybridized carbons (Fsp3) is 0.154. The summed E-state index contributed by atoms with van der Waals surface area (Å²) in [4.78, 5) is 27.3. The van der Waals surface area contributed by atoms with Crippen LogP contribution in [0.25, 0.3) is 0 Å². The first-order chi connectivity index (χ1) is 9.08. The molecule has 0 saturated carbocycles. The third kappa shape index (κ3) is 3.17. The summed E-state index contributed by atoms with van der Waals surface area (Å²) >= 11 is 1.59. The lowest BCUT2D eigenvalue weighted by Gasteiger charge is -2.04. The molecule has 0 aliphatic rings. The van der Waals surface area contributed by atoms with Crippen LogP contribution in [0, 0.1) is 6.92 Å². The number of aryl methyl sites for hydroxylation is 1. The van der Waals surface area contributed by atoms with E-state index in [1.807, 2.05) is 18.4 Å². The second kappa shape index (κ2) is 5.62. The first-order valence-corrected chi connectivity index (χ1v) is 6.46. The van der Waals surface area contributed by atoms with E-state index in [0.717, 1.165) is 10.4 Å². The van der Waals surface area contributed by atoms with Gasteiger partial charge in [-0.15, -0.1) is 11.3 Å². The van der Waals surface area contributed by atoms with Crippen LogP contribution in [0.3, 0.4) is 0 Å². The summed E-state index contributed by atoms with van der Waals surface area (Å²) in [5, 5.41) is 13.5. The summed E-state index contributed by atoms with van der Waals surface area (Å²) < 4.78 is 0. The van der Waals surface area contributed by atoms with Crippen LogP contribution in [-0.4, -0.2) is 22.0 Å². The number of nitrogens with zero attached hydrogens (tertiary/aromatic N) is 1. The maximum absolute atomic E-state index is 11.8. The topological polar surface area (TPSA) is 79.3 Å². The number of amides is 1. The van der Waals surface area contributed by atoms with Crippen molar-refractivity contribution in [1.29, 1.82) is 0 Å². The number of carboxylic acids is 1. The number of nitrogens with one attached hydrogen (secondary N) is 1. The number of carboxylic acid groups (broad SMARTS) is 1.